The van der Waals surface area contributed by atoms with Crippen LogP contribution in [0, 0.1) is 0 Å². The molecule has 1 atom stereocenters. The van der Waals surface area contributed by atoms with Crippen LogP contribution >= 0.6 is 0 Å². The Morgan fingerprint density at radius 2 is 1.42 bits per heavy atom. The van der Waals surface area contributed by atoms with Gasteiger partial charge in [0.25, 0.3) is 0 Å². The summed E-state index contributed by atoms with van der Waals surface area (Å²) in [5.41, 5.74) is 1.82. The summed E-state index contributed by atoms with van der Waals surface area (Å²) in [6, 6.07) is 24.5. The zero-order chi connectivity index (χ0) is 31.6. The molecule has 2 aliphatic rings. The summed E-state index contributed by atoms with van der Waals surface area (Å²) in [6.07, 6.45) is 0.949. The molecule has 4 aromatic carbocycles. The second-order valence-electron chi connectivity index (χ2n) is 11.7. The molecule has 4 aromatic rings. The number of alkyl halides is 3. The van der Waals surface area contributed by atoms with Gasteiger partial charge in [-0.2, -0.15) is 13.2 Å². The number of nitrogens with zero attached hydrogens (tertiary/aromatic N) is 1. The summed E-state index contributed by atoms with van der Waals surface area (Å²) in [7, 11) is 0. The standard InChI is InChI=1S/C37H37F3N2O3/c1-3-5-11-22-42(23-12-6-4-2)34-30(37(38,39)40)17-13-18-31(34)41-25-20-21-29-33(24-25)44-32-19-10-9-16-28(32)36(29)27-15-8-7-14-26(27)35(43)45-36/h7-10,13-21,24,41H,3-6,11-12,22-23H2,1-2H3. The molecule has 2 heterocycles. The lowest BCUT2D eigenvalue weighted by Gasteiger charge is -2.36. The highest BCUT2D eigenvalue weighted by atomic mass is 19.4. The highest BCUT2D eigenvalue weighted by molar-refractivity contribution is 5.97. The second-order valence-corrected chi connectivity index (χ2v) is 11.7. The lowest BCUT2D eigenvalue weighted by atomic mass is 9.77. The van der Waals surface area contributed by atoms with Crippen molar-refractivity contribution in [2.24, 2.45) is 0 Å². The number of esters is 1. The predicted molar refractivity (Wildman–Crippen MR) is 171 cm³/mol. The molecule has 8 heteroatoms. The van der Waals surface area contributed by atoms with Crippen molar-refractivity contribution in [3.8, 4) is 11.5 Å². The van der Waals surface area contributed by atoms with Gasteiger partial charge < -0.3 is 19.7 Å². The Bertz CT molecular complexity index is 1690. The lowest BCUT2D eigenvalue weighted by molar-refractivity contribution is -0.137. The van der Waals surface area contributed by atoms with Crippen molar-refractivity contribution in [3.05, 3.63) is 113 Å². The van der Waals surface area contributed by atoms with Gasteiger partial charge in [0.05, 0.1) is 22.5 Å². The molecule has 0 saturated heterocycles. The van der Waals surface area contributed by atoms with Crippen molar-refractivity contribution in [2.75, 3.05) is 23.3 Å². The Kier molecular flexibility index (Phi) is 8.49. The fourth-order valence-corrected chi connectivity index (χ4v) is 6.51. The van der Waals surface area contributed by atoms with Crippen molar-refractivity contribution >= 4 is 23.0 Å². The number of para-hydroxylation sites is 2. The average molecular weight is 615 g/mol. The van der Waals surface area contributed by atoms with Gasteiger partial charge in [-0.15, -0.1) is 0 Å². The van der Waals surface area contributed by atoms with Crippen LogP contribution in [0.3, 0.4) is 0 Å². The van der Waals surface area contributed by atoms with Gasteiger partial charge in [-0.1, -0.05) is 82.0 Å². The summed E-state index contributed by atoms with van der Waals surface area (Å²) >= 11 is 0. The number of carbonyl (C=O) groups is 1. The number of rotatable bonds is 11. The third kappa shape index (κ3) is 5.62. The molecule has 0 radical (unpaired) electrons. The van der Waals surface area contributed by atoms with Crippen molar-refractivity contribution in [2.45, 2.75) is 64.1 Å². The summed E-state index contributed by atoms with van der Waals surface area (Å²) in [4.78, 5) is 15.0. The third-order valence-electron chi connectivity index (χ3n) is 8.62. The molecular weight excluding hydrogens is 577 g/mol. The summed E-state index contributed by atoms with van der Waals surface area (Å²) in [5, 5.41) is 3.30. The Morgan fingerprint density at radius 3 is 2.13 bits per heavy atom. The molecule has 1 unspecified atom stereocenters. The maximum Gasteiger partial charge on any atom is 0.418 e. The first-order valence-corrected chi connectivity index (χ1v) is 15.7. The molecule has 2 aliphatic heterocycles. The number of ether oxygens (including phenoxy) is 2. The van der Waals surface area contributed by atoms with E-state index in [0.29, 0.717) is 52.7 Å². The number of fused-ring (bicyclic) bond motifs is 6. The van der Waals surface area contributed by atoms with Gasteiger partial charge in [0.2, 0.25) is 0 Å². The first-order chi connectivity index (χ1) is 21.8. The number of anilines is 3. The minimum absolute atomic E-state index is 0.163. The Hall–Kier alpha value is -4.46. The summed E-state index contributed by atoms with van der Waals surface area (Å²) < 4.78 is 56.0. The zero-order valence-electron chi connectivity index (χ0n) is 25.5. The minimum atomic E-state index is -4.52. The topological polar surface area (TPSA) is 50.8 Å². The van der Waals surface area contributed by atoms with E-state index in [1.54, 1.807) is 30.3 Å². The van der Waals surface area contributed by atoms with E-state index in [0.717, 1.165) is 50.2 Å². The number of benzene rings is 4. The lowest BCUT2D eigenvalue weighted by Crippen LogP contribution is -2.33. The van der Waals surface area contributed by atoms with Crippen LogP contribution in [-0.4, -0.2) is 19.1 Å². The first kappa shape index (κ1) is 30.6. The maximum absolute atomic E-state index is 14.5. The van der Waals surface area contributed by atoms with Crippen LogP contribution in [0.1, 0.15) is 85.0 Å². The van der Waals surface area contributed by atoms with Gasteiger partial charge >= 0.3 is 12.1 Å². The van der Waals surface area contributed by atoms with Crippen molar-refractivity contribution < 1.29 is 27.4 Å². The highest BCUT2D eigenvalue weighted by Crippen LogP contribution is 2.56. The van der Waals surface area contributed by atoms with E-state index in [4.69, 9.17) is 9.47 Å². The van der Waals surface area contributed by atoms with E-state index in [1.165, 1.54) is 6.07 Å². The molecule has 234 valence electrons. The molecule has 6 rings (SSSR count). The van der Waals surface area contributed by atoms with Crippen LogP contribution in [0.5, 0.6) is 11.5 Å². The van der Waals surface area contributed by atoms with Gasteiger partial charge in [0.15, 0.2) is 5.60 Å². The number of unbranched alkanes of at least 4 members (excludes halogenated alkanes) is 4. The van der Waals surface area contributed by atoms with Crippen molar-refractivity contribution in [3.63, 3.8) is 0 Å². The molecular formula is C37H37F3N2O3. The second kappa shape index (κ2) is 12.5. The average Bonchev–Trinajstić information content (AvgIpc) is 3.32. The fourth-order valence-electron chi connectivity index (χ4n) is 6.51. The minimum Gasteiger partial charge on any atom is -0.456 e. The molecule has 0 aliphatic carbocycles. The molecule has 45 heavy (non-hydrogen) atoms. The Morgan fingerprint density at radius 1 is 0.756 bits per heavy atom. The molecule has 0 aromatic heterocycles. The van der Waals surface area contributed by atoms with Crippen molar-refractivity contribution in [1.82, 2.24) is 0 Å². The normalized spacial score (nSPS) is 16.4. The van der Waals surface area contributed by atoms with E-state index in [9.17, 15) is 18.0 Å². The maximum atomic E-state index is 14.5. The molecule has 0 fully saturated rings. The smallest absolute Gasteiger partial charge is 0.418 e. The Labute approximate surface area is 262 Å². The van der Waals surface area contributed by atoms with Gasteiger partial charge in [-0.3, -0.25) is 0 Å². The molecule has 0 saturated carbocycles. The summed E-state index contributed by atoms with van der Waals surface area (Å²) in [5.74, 6) is 0.583. The number of nitrogens with one attached hydrogen (secondary N) is 1. The van der Waals surface area contributed by atoms with Gasteiger partial charge in [-0.25, -0.2) is 4.79 Å². The van der Waals surface area contributed by atoms with Crippen LogP contribution in [0.25, 0.3) is 0 Å². The molecule has 5 nitrogen and oxygen atoms in total. The van der Waals surface area contributed by atoms with Crippen LogP contribution in [-0.2, 0) is 16.5 Å². The zero-order valence-corrected chi connectivity index (χ0v) is 25.5. The monoisotopic (exact) mass is 614 g/mol. The van der Waals surface area contributed by atoms with Gasteiger partial charge in [0.1, 0.15) is 11.5 Å². The SMILES string of the molecule is CCCCCN(CCCCC)c1c(Nc2ccc3c(c2)Oc2ccccc2C32OC(=O)c3ccccc32)cccc1C(F)(F)F. The number of hydrogen-bond acceptors (Lipinski definition) is 5. The van der Waals surface area contributed by atoms with Gasteiger partial charge in [-0.05, 0) is 49.2 Å². The van der Waals surface area contributed by atoms with Crippen molar-refractivity contribution in [1.29, 1.82) is 0 Å². The van der Waals surface area contributed by atoms with E-state index in [2.05, 4.69) is 19.2 Å². The summed E-state index contributed by atoms with van der Waals surface area (Å²) in [6.45, 7) is 5.25. The van der Waals surface area contributed by atoms with E-state index < -0.39 is 23.3 Å². The molecule has 0 amide bonds. The van der Waals surface area contributed by atoms with E-state index in [-0.39, 0.29) is 5.69 Å². The molecule has 0 bridgehead atoms. The van der Waals surface area contributed by atoms with Crippen LogP contribution < -0.4 is 15.0 Å². The van der Waals surface area contributed by atoms with Crippen LogP contribution in [0.15, 0.2) is 84.9 Å². The fraction of sp³-hybridized carbons (Fsp3) is 0.324. The predicted octanol–water partition coefficient (Wildman–Crippen LogP) is 10.2. The first-order valence-electron chi connectivity index (χ1n) is 15.7. The quantitative estimate of drug-likeness (QED) is 0.135. The highest BCUT2D eigenvalue weighted by Gasteiger charge is 2.53. The molecule has 1 spiro atoms. The van der Waals surface area contributed by atoms with E-state index in [1.807, 2.05) is 47.4 Å². The number of halogens is 3. The largest absolute Gasteiger partial charge is 0.456 e. The Balaban J connectivity index is 1.43. The van der Waals surface area contributed by atoms with Crippen LogP contribution in [0.4, 0.5) is 30.2 Å². The van der Waals surface area contributed by atoms with Crippen LogP contribution in [0.2, 0.25) is 0 Å². The van der Waals surface area contributed by atoms with Gasteiger partial charge in [0, 0.05) is 41.5 Å². The van der Waals surface area contributed by atoms with E-state index >= 15 is 0 Å². The third-order valence-corrected chi connectivity index (χ3v) is 8.62. The molecule has 1 N–H and O–H groups in total. The number of hydrogen-bond donors (Lipinski definition) is 1. The number of carbonyl (C=O) groups excluding carboxylic acids is 1.